The summed E-state index contributed by atoms with van der Waals surface area (Å²) in [5.74, 6) is 1.97. The van der Waals surface area contributed by atoms with Crippen molar-refractivity contribution < 1.29 is 4.74 Å². The lowest BCUT2D eigenvalue weighted by molar-refractivity contribution is 0.172. The van der Waals surface area contributed by atoms with E-state index in [1.54, 1.807) is 0 Å². The van der Waals surface area contributed by atoms with Gasteiger partial charge < -0.3 is 10.1 Å². The molecule has 3 heteroatoms. The number of rotatable bonds is 7. The molecule has 1 aliphatic heterocycles. The van der Waals surface area contributed by atoms with Gasteiger partial charge in [0, 0.05) is 25.7 Å². The molecule has 2 bridgehead atoms. The van der Waals surface area contributed by atoms with Gasteiger partial charge in [-0.05, 0) is 49.4 Å². The highest BCUT2D eigenvalue weighted by molar-refractivity contribution is 5.27. The summed E-state index contributed by atoms with van der Waals surface area (Å²) in [4.78, 5) is 2.62. The normalized spacial score (nSPS) is 25.2. The molecular formula is C17H26N2O. The van der Waals surface area contributed by atoms with Crippen molar-refractivity contribution in [2.24, 2.45) is 5.92 Å². The predicted molar refractivity (Wildman–Crippen MR) is 82.0 cm³/mol. The molecule has 0 radical (unpaired) electrons. The molecule has 0 amide bonds. The fourth-order valence-corrected chi connectivity index (χ4v) is 3.55. The van der Waals surface area contributed by atoms with E-state index in [1.165, 1.54) is 31.4 Å². The number of nitrogens with zero attached hydrogens (tertiary/aromatic N) is 1. The van der Waals surface area contributed by atoms with Crippen LogP contribution in [0.5, 0.6) is 5.75 Å². The van der Waals surface area contributed by atoms with Gasteiger partial charge in [-0.1, -0.05) is 19.1 Å². The summed E-state index contributed by atoms with van der Waals surface area (Å²) < 4.78 is 5.87. The molecule has 1 saturated heterocycles. The zero-order valence-electron chi connectivity index (χ0n) is 12.5. The van der Waals surface area contributed by atoms with Crippen molar-refractivity contribution in [3.63, 3.8) is 0 Å². The molecule has 110 valence electrons. The van der Waals surface area contributed by atoms with Crippen molar-refractivity contribution in [2.75, 3.05) is 26.2 Å². The summed E-state index contributed by atoms with van der Waals surface area (Å²) in [6.07, 6.45) is 4.29. The van der Waals surface area contributed by atoms with Crippen LogP contribution in [0.15, 0.2) is 24.3 Å². The average Bonchev–Trinajstić information content (AvgIpc) is 3.09. The SMILES string of the molecule is CCNCc1ccc(OCCN2CC3CCC2C3)cc1. The van der Waals surface area contributed by atoms with Crippen molar-refractivity contribution in [1.82, 2.24) is 10.2 Å². The van der Waals surface area contributed by atoms with E-state index in [0.29, 0.717) is 0 Å². The predicted octanol–water partition coefficient (Wildman–Crippen LogP) is 2.66. The Morgan fingerprint density at radius 3 is 2.75 bits per heavy atom. The highest BCUT2D eigenvalue weighted by Crippen LogP contribution is 2.36. The van der Waals surface area contributed by atoms with Crippen LogP contribution in [0.2, 0.25) is 0 Å². The lowest BCUT2D eigenvalue weighted by atomic mass is 10.1. The summed E-state index contributed by atoms with van der Waals surface area (Å²) >= 11 is 0. The molecule has 3 rings (SSSR count). The van der Waals surface area contributed by atoms with Crippen LogP contribution in [-0.2, 0) is 6.54 Å². The first-order chi connectivity index (χ1) is 9.85. The summed E-state index contributed by atoms with van der Waals surface area (Å²) in [5.41, 5.74) is 1.32. The molecule has 2 unspecified atom stereocenters. The number of nitrogens with one attached hydrogen (secondary N) is 1. The van der Waals surface area contributed by atoms with E-state index < -0.39 is 0 Å². The van der Waals surface area contributed by atoms with E-state index in [4.69, 9.17) is 4.74 Å². The summed E-state index contributed by atoms with van der Waals surface area (Å²) in [5, 5.41) is 3.33. The monoisotopic (exact) mass is 274 g/mol. The third kappa shape index (κ3) is 3.33. The number of benzene rings is 1. The second-order valence-electron chi connectivity index (χ2n) is 6.10. The van der Waals surface area contributed by atoms with E-state index in [9.17, 15) is 0 Å². The smallest absolute Gasteiger partial charge is 0.119 e. The van der Waals surface area contributed by atoms with Gasteiger partial charge in [-0.15, -0.1) is 0 Å². The Kier molecular flexibility index (Phi) is 4.58. The highest BCUT2D eigenvalue weighted by Gasteiger charge is 2.37. The first-order valence-electron chi connectivity index (χ1n) is 8.01. The van der Waals surface area contributed by atoms with Gasteiger partial charge in [-0.2, -0.15) is 0 Å². The molecule has 1 aromatic carbocycles. The standard InChI is InChI=1S/C17H26N2O/c1-2-18-12-14-4-7-17(8-5-14)20-10-9-19-13-15-3-6-16(19)11-15/h4-5,7-8,15-16,18H,2-3,6,9-13H2,1H3. The van der Waals surface area contributed by atoms with Crippen LogP contribution in [0.4, 0.5) is 0 Å². The molecule has 1 aliphatic carbocycles. The lowest BCUT2D eigenvalue weighted by Gasteiger charge is -2.26. The molecule has 2 aliphatic rings. The van der Waals surface area contributed by atoms with E-state index in [2.05, 4.69) is 41.4 Å². The zero-order valence-corrected chi connectivity index (χ0v) is 12.5. The second kappa shape index (κ2) is 6.59. The van der Waals surface area contributed by atoms with E-state index in [1.807, 2.05) is 0 Å². The van der Waals surface area contributed by atoms with Crippen LogP contribution < -0.4 is 10.1 Å². The Balaban J connectivity index is 1.40. The van der Waals surface area contributed by atoms with Crippen molar-refractivity contribution >= 4 is 0 Å². The van der Waals surface area contributed by atoms with Crippen LogP contribution >= 0.6 is 0 Å². The molecular weight excluding hydrogens is 248 g/mol. The van der Waals surface area contributed by atoms with Crippen molar-refractivity contribution in [3.8, 4) is 5.75 Å². The maximum atomic E-state index is 5.87. The number of fused-ring (bicyclic) bond motifs is 2. The third-order valence-electron chi connectivity index (χ3n) is 4.67. The lowest BCUT2D eigenvalue weighted by Crippen LogP contribution is -2.35. The molecule has 1 aromatic rings. The van der Waals surface area contributed by atoms with Gasteiger partial charge in [0.2, 0.25) is 0 Å². The Morgan fingerprint density at radius 2 is 2.10 bits per heavy atom. The minimum atomic E-state index is 0.815. The quantitative estimate of drug-likeness (QED) is 0.827. The van der Waals surface area contributed by atoms with Crippen molar-refractivity contribution in [2.45, 2.75) is 38.8 Å². The topological polar surface area (TPSA) is 24.5 Å². The van der Waals surface area contributed by atoms with Crippen LogP contribution in [0.1, 0.15) is 31.7 Å². The van der Waals surface area contributed by atoms with Crippen LogP contribution in [0, 0.1) is 5.92 Å². The third-order valence-corrected chi connectivity index (χ3v) is 4.67. The van der Waals surface area contributed by atoms with Crippen LogP contribution in [0.3, 0.4) is 0 Å². The van der Waals surface area contributed by atoms with Gasteiger partial charge in [0.05, 0.1) is 0 Å². The number of ether oxygens (including phenoxy) is 1. The molecule has 2 fully saturated rings. The molecule has 2 atom stereocenters. The molecule has 1 heterocycles. The highest BCUT2D eigenvalue weighted by atomic mass is 16.5. The Labute approximate surface area is 122 Å². The van der Waals surface area contributed by atoms with E-state index in [-0.39, 0.29) is 0 Å². The first kappa shape index (κ1) is 13.9. The van der Waals surface area contributed by atoms with Crippen LogP contribution in [-0.4, -0.2) is 37.2 Å². The maximum Gasteiger partial charge on any atom is 0.119 e. The van der Waals surface area contributed by atoms with Gasteiger partial charge in [0.1, 0.15) is 12.4 Å². The number of hydrogen-bond donors (Lipinski definition) is 1. The summed E-state index contributed by atoms with van der Waals surface area (Å²) in [6.45, 7) is 7.28. The molecule has 1 N–H and O–H groups in total. The number of piperidine rings is 1. The Hall–Kier alpha value is -1.06. The van der Waals surface area contributed by atoms with Gasteiger partial charge in [-0.3, -0.25) is 4.90 Å². The van der Waals surface area contributed by atoms with E-state index >= 15 is 0 Å². The molecule has 3 nitrogen and oxygen atoms in total. The van der Waals surface area contributed by atoms with Gasteiger partial charge in [-0.25, -0.2) is 0 Å². The Bertz CT molecular complexity index is 418. The second-order valence-corrected chi connectivity index (χ2v) is 6.10. The number of likely N-dealkylation sites (tertiary alicyclic amines) is 1. The van der Waals surface area contributed by atoms with E-state index in [0.717, 1.165) is 44.0 Å². The molecule has 0 aromatic heterocycles. The fourth-order valence-electron chi connectivity index (χ4n) is 3.55. The maximum absolute atomic E-state index is 5.87. The van der Waals surface area contributed by atoms with Gasteiger partial charge >= 0.3 is 0 Å². The molecule has 0 spiro atoms. The molecule has 1 saturated carbocycles. The largest absolute Gasteiger partial charge is 0.492 e. The van der Waals surface area contributed by atoms with Crippen molar-refractivity contribution in [1.29, 1.82) is 0 Å². The minimum Gasteiger partial charge on any atom is -0.492 e. The van der Waals surface area contributed by atoms with Crippen molar-refractivity contribution in [3.05, 3.63) is 29.8 Å². The fraction of sp³-hybridized carbons (Fsp3) is 0.647. The van der Waals surface area contributed by atoms with Gasteiger partial charge in [0.25, 0.3) is 0 Å². The first-order valence-corrected chi connectivity index (χ1v) is 8.01. The average molecular weight is 274 g/mol. The molecule has 20 heavy (non-hydrogen) atoms. The van der Waals surface area contributed by atoms with Gasteiger partial charge in [0.15, 0.2) is 0 Å². The van der Waals surface area contributed by atoms with Crippen LogP contribution in [0.25, 0.3) is 0 Å². The summed E-state index contributed by atoms with van der Waals surface area (Å²) in [6, 6.07) is 9.32. The zero-order chi connectivity index (χ0) is 13.8. The minimum absolute atomic E-state index is 0.815. The summed E-state index contributed by atoms with van der Waals surface area (Å²) in [7, 11) is 0. The Morgan fingerprint density at radius 1 is 1.25 bits per heavy atom. The number of hydrogen-bond acceptors (Lipinski definition) is 3.